The molecule has 10 nitrogen and oxygen atoms in total. The number of halogens is 3. The van der Waals surface area contributed by atoms with Crippen LogP contribution < -0.4 is 4.90 Å². The molecule has 3 atom stereocenters. The third kappa shape index (κ3) is 9.14. The molecule has 13 heteroatoms. The molecule has 0 radical (unpaired) electrons. The lowest BCUT2D eigenvalue weighted by Gasteiger charge is -2.30. The van der Waals surface area contributed by atoms with Crippen molar-refractivity contribution >= 4 is 16.6 Å². The van der Waals surface area contributed by atoms with Crippen molar-refractivity contribution in [2.75, 3.05) is 57.8 Å². The summed E-state index contributed by atoms with van der Waals surface area (Å²) in [5.74, 6) is 0. The lowest BCUT2D eigenvalue weighted by atomic mass is 10.1. The molecule has 1 aromatic heterocycles. The zero-order valence-corrected chi connectivity index (χ0v) is 20.2. The molecule has 0 spiro atoms. The Kier molecular flexibility index (Phi) is 11.0. The molecule has 2 aromatic rings. The van der Waals surface area contributed by atoms with Crippen LogP contribution in [0.25, 0.3) is 10.9 Å². The second kappa shape index (κ2) is 13.7. The van der Waals surface area contributed by atoms with E-state index in [4.69, 9.17) is 15.8 Å². The fourth-order valence-corrected chi connectivity index (χ4v) is 3.69. The Morgan fingerprint density at radius 2 is 1.43 bits per heavy atom. The molecule has 198 valence electrons. The minimum absolute atomic E-state index is 0.0491. The first-order chi connectivity index (χ1) is 17.5. The highest BCUT2D eigenvalue weighted by Crippen LogP contribution is 2.33. The third-order valence-corrected chi connectivity index (χ3v) is 5.64. The average Bonchev–Trinajstić information content (AvgIpc) is 2.87. The van der Waals surface area contributed by atoms with Gasteiger partial charge >= 0.3 is 6.18 Å². The molecular weight excluding hydrogens is 491 g/mol. The lowest BCUT2D eigenvalue weighted by Crippen LogP contribution is -2.43. The second-order valence-electron chi connectivity index (χ2n) is 8.50. The van der Waals surface area contributed by atoms with Gasteiger partial charge in [-0.15, -0.1) is 0 Å². The van der Waals surface area contributed by atoms with Crippen molar-refractivity contribution < 1.29 is 28.5 Å². The predicted molar refractivity (Wildman–Crippen MR) is 128 cm³/mol. The number of likely N-dealkylation sites (N-methyl/N-ethyl adjacent to an activating group) is 1. The number of anilines is 1. The van der Waals surface area contributed by atoms with E-state index in [9.17, 15) is 28.5 Å². The van der Waals surface area contributed by atoms with E-state index < -0.39 is 30.1 Å². The number of pyridine rings is 1. The SMILES string of the molecule is CN(CCN(CC(O)C#N)CC(O)C#N)CCN(CC(O)C#N)c1ccnc2cc(C(F)(F)F)ccc12. The molecule has 0 aliphatic carbocycles. The van der Waals surface area contributed by atoms with Crippen molar-refractivity contribution in [3.63, 3.8) is 0 Å². The van der Waals surface area contributed by atoms with Crippen molar-refractivity contribution in [2.45, 2.75) is 24.5 Å². The van der Waals surface area contributed by atoms with Gasteiger partial charge in [-0.2, -0.15) is 29.0 Å². The summed E-state index contributed by atoms with van der Waals surface area (Å²) in [6.45, 7) is 1.29. The van der Waals surface area contributed by atoms with Crippen LogP contribution in [-0.4, -0.2) is 101 Å². The molecule has 0 saturated carbocycles. The van der Waals surface area contributed by atoms with E-state index in [2.05, 4.69) is 4.98 Å². The number of hydrogen-bond donors (Lipinski definition) is 3. The third-order valence-electron chi connectivity index (χ3n) is 5.64. The van der Waals surface area contributed by atoms with Gasteiger partial charge in [-0.3, -0.25) is 9.88 Å². The Labute approximate surface area is 212 Å². The van der Waals surface area contributed by atoms with Crippen LogP contribution in [0.15, 0.2) is 30.5 Å². The summed E-state index contributed by atoms with van der Waals surface area (Å²) < 4.78 is 39.4. The summed E-state index contributed by atoms with van der Waals surface area (Å²) in [6, 6.07) is 9.96. The maximum absolute atomic E-state index is 13.1. The fraction of sp³-hybridized carbons (Fsp3) is 0.500. The first-order valence-electron chi connectivity index (χ1n) is 11.3. The molecule has 0 aliphatic heterocycles. The number of fused-ring (bicyclic) bond motifs is 1. The summed E-state index contributed by atoms with van der Waals surface area (Å²) in [6.07, 6.45) is -7.05. The lowest BCUT2D eigenvalue weighted by molar-refractivity contribution is -0.137. The van der Waals surface area contributed by atoms with E-state index in [1.807, 2.05) is 4.90 Å². The van der Waals surface area contributed by atoms with Gasteiger partial charge in [-0.05, 0) is 25.2 Å². The van der Waals surface area contributed by atoms with Gasteiger partial charge in [0, 0.05) is 56.5 Å². The van der Waals surface area contributed by atoms with Crippen molar-refractivity contribution in [1.82, 2.24) is 14.8 Å². The normalized spacial score (nSPS) is 14.1. The average molecular weight is 520 g/mol. The number of aliphatic hydroxyl groups excluding tert-OH is 3. The van der Waals surface area contributed by atoms with E-state index >= 15 is 0 Å². The van der Waals surface area contributed by atoms with Gasteiger partial charge in [-0.1, -0.05) is 6.07 Å². The predicted octanol–water partition coefficient (Wildman–Crippen LogP) is 0.947. The summed E-state index contributed by atoms with van der Waals surface area (Å²) in [7, 11) is 1.79. The fourth-order valence-electron chi connectivity index (χ4n) is 3.69. The Hall–Kier alpha value is -3.51. The van der Waals surface area contributed by atoms with E-state index in [0.717, 1.165) is 12.1 Å². The number of rotatable bonds is 13. The van der Waals surface area contributed by atoms with Crippen LogP contribution >= 0.6 is 0 Å². The highest BCUT2D eigenvalue weighted by Gasteiger charge is 2.31. The Morgan fingerprint density at radius 1 is 0.865 bits per heavy atom. The number of hydrogen-bond acceptors (Lipinski definition) is 10. The maximum atomic E-state index is 13.1. The van der Waals surface area contributed by atoms with Crippen LogP contribution in [0.2, 0.25) is 0 Å². The largest absolute Gasteiger partial charge is 0.416 e. The van der Waals surface area contributed by atoms with Gasteiger partial charge in [0.2, 0.25) is 0 Å². The molecule has 0 amide bonds. The zero-order valence-electron chi connectivity index (χ0n) is 20.2. The highest BCUT2D eigenvalue weighted by atomic mass is 19.4. The molecule has 1 aromatic carbocycles. The quantitative estimate of drug-likeness (QED) is 0.326. The van der Waals surface area contributed by atoms with Gasteiger partial charge in [-0.25, -0.2) is 0 Å². The maximum Gasteiger partial charge on any atom is 0.416 e. The van der Waals surface area contributed by atoms with E-state index in [-0.39, 0.29) is 25.2 Å². The molecule has 0 saturated heterocycles. The van der Waals surface area contributed by atoms with E-state index in [0.29, 0.717) is 37.3 Å². The van der Waals surface area contributed by atoms with Gasteiger partial charge in [0.15, 0.2) is 18.3 Å². The molecular formula is C24H28F3N7O3. The molecule has 37 heavy (non-hydrogen) atoms. The summed E-state index contributed by atoms with van der Waals surface area (Å²) >= 11 is 0. The van der Waals surface area contributed by atoms with Gasteiger partial charge in [0.05, 0.1) is 35.8 Å². The number of aromatic nitrogens is 1. The topological polar surface area (TPSA) is 155 Å². The molecule has 3 N–H and O–H groups in total. The van der Waals surface area contributed by atoms with Crippen molar-refractivity contribution in [2.24, 2.45) is 0 Å². The first kappa shape index (κ1) is 29.7. The number of benzene rings is 1. The van der Waals surface area contributed by atoms with Gasteiger partial charge in [0.25, 0.3) is 0 Å². The molecule has 0 fully saturated rings. The van der Waals surface area contributed by atoms with Gasteiger partial charge < -0.3 is 25.1 Å². The Morgan fingerprint density at radius 3 is 2.00 bits per heavy atom. The van der Waals surface area contributed by atoms with E-state index in [1.165, 1.54) is 12.3 Å². The molecule has 3 unspecified atom stereocenters. The molecule has 0 bridgehead atoms. The van der Waals surface area contributed by atoms with Crippen molar-refractivity contribution in [3.05, 3.63) is 36.0 Å². The van der Waals surface area contributed by atoms with Crippen LogP contribution in [0.3, 0.4) is 0 Å². The standard InChI is InChI=1S/C24H28F3N7O3/c1-32(6-8-33(14-18(35)11-28)15-19(36)12-29)7-9-34(16-20(37)13-30)23-4-5-31-22-10-17(24(25,26)27)2-3-21(22)23/h2-5,10,18-20,35-37H,6-9,14-16H2,1H3. The van der Waals surface area contributed by atoms with Gasteiger partial charge in [0.1, 0.15) is 0 Å². The highest BCUT2D eigenvalue weighted by molar-refractivity contribution is 5.92. The smallest absolute Gasteiger partial charge is 0.377 e. The Balaban J connectivity index is 2.16. The number of alkyl halides is 3. The Bertz CT molecular complexity index is 1140. The van der Waals surface area contributed by atoms with Crippen LogP contribution in [0.1, 0.15) is 5.56 Å². The van der Waals surface area contributed by atoms with Crippen LogP contribution in [-0.2, 0) is 6.18 Å². The van der Waals surface area contributed by atoms with Crippen molar-refractivity contribution in [1.29, 1.82) is 15.8 Å². The second-order valence-corrected chi connectivity index (χ2v) is 8.50. The summed E-state index contributed by atoms with van der Waals surface area (Å²) in [5.41, 5.74) is -0.196. The zero-order chi connectivity index (χ0) is 27.6. The van der Waals surface area contributed by atoms with Crippen LogP contribution in [0.4, 0.5) is 18.9 Å². The van der Waals surface area contributed by atoms with Crippen LogP contribution in [0.5, 0.6) is 0 Å². The molecule has 2 rings (SSSR count). The summed E-state index contributed by atoms with van der Waals surface area (Å²) in [5, 5.41) is 56.5. The first-order valence-corrected chi connectivity index (χ1v) is 11.3. The molecule has 1 heterocycles. The minimum Gasteiger partial charge on any atom is -0.377 e. The van der Waals surface area contributed by atoms with Crippen molar-refractivity contribution in [3.8, 4) is 18.2 Å². The number of nitrogens with zero attached hydrogens (tertiary/aromatic N) is 7. The molecule has 0 aliphatic rings. The minimum atomic E-state index is -4.52. The number of aliphatic hydroxyl groups is 3. The summed E-state index contributed by atoms with van der Waals surface area (Å²) in [4.78, 5) is 9.22. The van der Waals surface area contributed by atoms with Crippen LogP contribution in [0, 0.1) is 34.0 Å². The van der Waals surface area contributed by atoms with E-state index in [1.54, 1.807) is 41.1 Å². The number of nitriles is 3. The monoisotopic (exact) mass is 519 g/mol.